The average molecular weight is 422 g/mol. The van der Waals surface area contributed by atoms with Crippen molar-refractivity contribution in [3.05, 3.63) is 64.3 Å². The Morgan fingerprint density at radius 3 is 2.62 bits per heavy atom. The van der Waals surface area contributed by atoms with E-state index in [1.54, 1.807) is 41.6 Å². The second-order valence-electron chi connectivity index (χ2n) is 6.79. The lowest BCUT2D eigenvalue weighted by molar-refractivity contribution is 0.896. The molecule has 1 saturated carbocycles. The lowest BCUT2D eigenvalue weighted by Gasteiger charge is -2.07. The van der Waals surface area contributed by atoms with Crippen molar-refractivity contribution in [2.45, 2.75) is 18.8 Å². The van der Waals surface area contributed by atoms with Crippen molar-refractivity contribution in [2.24, 2.45) is 0 Å². The van der Waals surface area contributed by atoms with Gasteiger partial charge in [0.2, 0.25) is 0 Å². The molecule has 0 bridgehead atoms. The van der Waals surface area contributed by atoms with E-state index in [2.05, 4.69) is 25.4 Å². The number of hydrogen-bond donors (Lipinski definition) is 1. The molecular formula is C20H13Cl2N7. The van der Waals surface area contributed by atoms with Crippen molar-refractivity contribution in [3.63, 3.8) is 0 Å². The third-order valence-corrected chi connectivity index (χ3v) is 5.32. The molecule has 1 aromatic carbocycles. The minimum atomic E-state index is 0.342. The number of halogens is 2. The zero-order valence-electron chi connectivity index (χ0n) is 15.0. The summed E-state index contributed by atoms with van der Waals surface area (Å²) >= 11 is 12.7. The Labute approximate surface area is 175 Å². The summed E-state index contributed by atoms with van der Waals surface area (Å²) in [6.07, 6.45) is 7.38. The summed E-state index contributed by atoms with van der Waals surface area (Å²) in [6, 6.07) is 8.92. The van der Waals surface area contributed by atoms with Crippen molar-refractivity contribution in [3.8, 4) is 11.8 Å². The first-order chi connectivity index (χ1) is 14.1. The van der Waals surface area contributed by atoms with Crippen LogP contribution in [0.4, 0.5) is 11.6 Å². The molecule has 1 aliphatic rings. The van der Waals surface area contributed by atoms with Crippen molar-refractivity contribution in [1.29, 1.82) is 5.26 Å². The van der Waals surface area contributed by atoms with Gasteiger partial charge in [0.25, 0.3) is 0 Å². The number of nitrogens with one attached hydrogen (secondary N) is 1. The third kappa shape index (κ3) is 3.37. The van der Waals surface area contributed by atoms with Gasteiger partial charge in [-0.15, -0.1) is 0 Å². The molecule has 0 aliphatic heterocycles. The molecule has 5 rings (SSSR count). The van der Waals surface area contributed by atoms with Gasteiger partial charge in [0.1, 0.15) is 23.7 Å². The van der Waals surface area contributed by atoms with E-state index >= 15 is 0 Å². The van der Waals surface area contributed by atoms with Crippen LogP contribution < -0.4 is 5.32 Å². The van der Waals surface area contributed by atoms with Crippen molar-refractivity contribution >= 4 is 45.7 Å². The number of benzene rings is 1. The highest BCUT2D eigenvalue weighted by molar-refractivity contribution is 6.38. The van der Waals surface area contributed by atoms with Crippen LogP contribution in [0.1, 0.15) is 30.0 Å². The molecule has 7 nitrogen and oxygen atoms in total. The molecule has 0 radical (unpaired) electrons. The number of hydrogen-bond acceptors (Lipinski definition) is 6. The number of nitriles is 1. The molecule has 3 heterocycles. The third-order valence-electron chi connectivity index (χ3n) is 4.74. The molecule has 142 valence electrons. The minimum absolute atomic E-state index is 0.342. The van der Waals surface area contributed by atoms with Crippen LogP contribution in [0, 0.1) is 11.3 Å². The molecule has 1 fully saturated rings. The van der Waals surface area contributed by atoms with Crippen LogP contribution in [0.15, 0.2) is 43.0 Å². The van der Waals surface area contributed by atoms with E-state index in [0.29, 0.717) is 38.8 Å². The normalized spacial score (nSPS) is 13.4. The Kier molecular flexibility index (Phi) is 4.31. The van der Waals surface area contributed by atoms with Crippen LogP contribution in [-0.4, -0.2) is 24.7 Å². The molecule has 0 saturated heterocycles. The van der Waals surface area contributed by atoms with Crippen LogP contribution in [0.25, 0.3) is 16.6 Å². The Morgan fingerprint density at radius 2 is 1.90 bits per heavy atom. The summed E-state index contributed by atoms with van der Waals surface area (Å²) in [5.41, 5.74) is 2.66. The van der Waals surface area contributed by atoms with Gasteiger partial charge >= 0.3 is 0 Å². The van der Waals surface area contributed by atoms with Gasteiger partial charge < -0.3 is 5.32 Å². The maximum absolute atomic E-state index is 9.08. The number of aromatic nitrogens is 5. The first-order valence-corrected chi connectivity index (χ1v) is 9.71. The lowest BCUT2D eigenvalue weighted by atomic mass is 10.2. The van der Waals surface area contributed by atoms with Crippen molar-refractivity contribution in [1.82, 2.24) is 24.7 Å². The fraction of sp³-hybridized carbons (Fsp3) is 0.150. The second kappa shape index (κ2) is 6.99. The second-order valence-corrected chi connectivity index (χ2v) is 7.61. The van der Waals surface area contributed by atoms with E-state index in [9.17, 15) is 0 Å². The smallest absolute Gasteiger partial charge is 0.142 e. The van der Waals surface area contributed by atoms with Gasteiger partial charge in [-0.2, -0.15) is 10.4 Å². The monoisotopic (exact) mass is 421 g/mol. The fourth-order valence-electron chi connectivity index (χ4n) is 3.17. The number of rotatable bonds is 4. The average Bonchev–Trinajstić information content (AvgIpc) is 3.47. The maximum Gasteiger partial charge on any atom is 0.142 e. The van der Waals surface area contributed by atoms with E-state index in [1.807, 2.05) is 12.1 Å². The quantitative estimate of drug-likeness (QED) is 0.497. The summed E-state index contributed by atoms with van der Waals surface area (Å²) < 4.78 is 1.60. The molecule has 0 spiro atoms. The highest BCUT2D eigenvalue weighted by Crippen LogP contribution is 2.39. The summed E-state index contributed by atoms with van der Waals surface area (Å²) in [5, 5.41) is 18.4. The van der Waals surface area contributed by atoms with Gasteiger partial charge in [-0.05, 0) is 31.0 Å². The Morgan fingerprint density at radius 1 is 1.10 bits per heavy atom. The summed E-state index contributed by atoms with van der Waals surface area (Å²) in [7, 11) is 0. The van der Waals surface area contributed by atoms with E-state index in [1.165, 1.54) is 12.8 Å². The lowest BCUT2D eigenvalue weighted by Crippen LogP contribution is -1.98. The largest absolute Gasteiger partial charge is 0.324 e. The van der Waals surface area contributed by atoms with Crippen LogP contribution in [0.2, 0.25) is 10.0 Å². The van der Waals surface area contributed by atoms with Crippen LogP contribution in [0.5, 0.6) is 0 Å². The predicted molar refractivity (Wildman–Crippen MR) is 111 cm³/mol. The number of pyridine rings is 1. The fourth-order valence-corrected chi connectivity index (χ4v) is 3.83. The zero-order valence-corrected chi connectivity index (χ0v) is 16.5. The Balaban J connectivity index is 1.55. The molecule has 1 N–H and O–H groups in total. The van der Waals surface area contributed by atoms with Gasteiger partial charge in [-0.1, -0.05) is 23.2 Å². The Bertz CT molecular complexity index is 1260. The van der Waals surface area contributed by atoms with Gasteiger partial charge in [0.05, 0.1) is 32.6 Å². The van der Waals surface area contributed by atoms with E-state index in [4.69, 9.17) is 28.5 Å². The van der Waals surface area contributed by atoms with E-state index in [-0.39, 0.29) is 0 Å². The number of nitrogens with zero attached hydrogens (tertiary/aromatic N) is 6. The predicted octanol–water partition coefficient (Wildman–Crippen LogP) is 5.01. The molecule has 4 aromatic rings. The number of fused-ring (bicyclic) bond motifs is 1. The molecule has 0 amide bonds. The highest BCUT2D eigenvalue weighted by atomic mass is 35.5. The maximum atomic E-state index is 9.08. The SMILES string of the molecule is N#Cc1cc(Cl)c(-n2cc3c(Nc4cc(C5CC5)ncn4)nccc3n2)c(Cl)c1. The van der Waals surface area contributed by atoms with Gasteiger partial charge in [-0.3, -0.25) is 0 Å². The van der Waals surface area contributed by atoms with Crippen LogP contribution in [0.3, 0.4) is 0 Å². The minimum Gasteiger partial charge on any atom is -0.324 e. The van der Waals surface area contributed by atoms with Crippen LogP contribution in [-0.2, 0) is 0 Å². The summed E-state index contributed by atoms with van der Waals surface area (Å²) in [6.45, 7) is 0. The summed E-state index contributed by atoms with van der Waals surface area (Å²) in [4.78, 5) is 13.1. The molecule has 0 atom stereocenters. The topological polar surface area (TPSA) is 92.3 Å². The molecule has 9 heteroatoms. The molecular weight excluding hydrogens is 409 g/mol. The van der Waals surface area contributed by atoms with Crippen LogP contribution >= 0.6 is 23.2 Å². The standard InChI is InChI=1S/C20H13Cl2N7/c21-14-5-11(8-23)6-15(22)19(14)29-9-13-16(28-29)3-4-24-20(13)27-18-7-17(12-1-2-12)25-10-26-18/h3-7,9-10,12H,1-2H2,(H,24,25,26,27). The van der Waals surface area contributed by atoms with Crippen molar-refractivity contribution < 1.29 is 0 Å². The molecule has 29 heavy (non-hydrogen) atoms. The Hall–Kier alpha value is -3.21. The zero-order chi connectivity index (χ0) is 20.0. The first kappa shape index (κ1) is 17.9. The van der Waals surface area contributed by atoms with Crippen molar-refractivity contribution in [2.75, 3.05) is 5.32 Å². The molecule has 3 aromatic heterocycles. The van der Waals surface area contributed by atoms with E-state index < -0.39 is 0 Å². The number of anilines is 2. The first-order valence-electron chi connectivity index (χ1n) is 8.95. The van der Waals surface area contributed by atoms with Gasteiger partial charge in [-0.25, -0.2) is 19.6 Å². The van der Waals surface area contributed by atoms with Gasteiger partial charge in [0.15, 0.2) is 0 Å². The van der Waals surface area contributed by atoms with Gasteiger partial charge in [0, 0.05) is 30.1 Å². The molecule has 1 aliphatic carbocycles. The van der Waals surface area contributed by atoms with E-state index in [0.717, 1.165) is 16.6 Å². The highest BCUT2D eigenvalue weighted by Gasteiger charge is 2.25. The molecule has 0 unspecified atom stereocenters. The summed E-state index contributed by atoms with van der Waals surface area (Å²) in [5.74, 6) is 1.84.